The fraction of sp³-hybridized carbons (Fsp3) is 0.380. The number of ether oxygens (including phenoxy) is 6. The number of hydrogen-bond acceptors (Lipinski definition) is 13. The molecule has 119 heavy (non-hydrogen) atoms. The predicted molar refractivity (Wildman–Crippen MR) is 466 cm³/mol. The quantitative estimate of drug-likeness (QED) is 0.00559. The van der Waals surface area contributed by atoms with Crippen LogP contribution in [0.15, 0.2) is 243 Å². The number of benzene rings is 10. The molecule has 8 atom stereocenters. The molecular formula is C100H128BrHo2K2O13Pd-3. The average Bonchev–Trinajstić information content (AvgIpc) is 1.70. The predicted octanol–water partition coefficient (Wildman–Crippen LogP) is 18.0. The molecule has 0 spiro atoms. The molecule has 11 rings (SSSR count). The van der Waals surface area contributed by atoms with Crippen LogP contribution in [0.5, 0.6) is 28.7 Å². The maximum Gasteiger partial charge on any atom is 1.00 e. The summed E-state index contributed by atoms with van der Waals surface area (Å²) in [6, 6.07) is 86.0. The normalized spacial score (nSPS) is 12.8. The number of epoxide rings is 1. The molecule has 0 aliphatic carbocycles. The first-order valence-electron chi connectivity index (χ1n) is 40.0. The van der Waals surface area contributed by atoms with E-state index in [9.17, 15) is 20.4 Å². The molecule has 2 radical (unpaired) electrons. The molecule has 0 saturated carbocycles. The van der Waals surface area contributed by atoms with Crippen LogP contribution in [0.25, 0.3) is 0 Å². The molecule has 13 nitrogen and oxygen atoms in total. The molecule has 0 amide bonds. The summed E-state index contributed by atoms with van der Waals surface area (Å²) < 4.78 is 34.4. The summed E-state index contributed by atoms with van der Waals surface area (Å²) in [5, 5.41) is 49.9. The second-order valence-electron chi connectivity index (χ2n) is 29.4. The zero-order valence-corrected chi connectivity index (χ0v) is 85.9. The number of aliphatic hydroxyl groups is 4. The number of rotatable bonds is 35. The second-order valence-corrected chi connectivity index (χ2v) is 30.1. The number of carbonyl (C=O) groups is 1. The molecule has 10 aromatic carbocycles. The maximum atomic E-state index is 10.4. The third kappa shape index (κ3) is 52.9. The van der Waals surface area contributed by atoms with Crippen molar-refractivity contribution in [1.29, 1.82) is 0 Å². The summed E-state index contributed by atoms with van der Waals surface area (Å²) in [6.07, 6.45) is 8.74. The van der Waals surface area contributed by atoms with Crippen LogP contribution >= 0.6 is 15.9 Å². The van der Waals surface area contributed by atoms with E-state index in [1.54, 1.807) is 0 Å². The Morgan fingerprint density at radius 3 is 0.950 bits per heavy atom. The van der Waals surface area contributed by atoms with Gasteiger partial charge in [-0.15, -0.1) is 35.4 Å². The van der Waals surface area contributed by atoms with Crippen molar-refractivity contribution in [1.82, 2.24) is 0 Å². The zero-order chi connectivity index (χ0) is 82.0. The SMILES string of the molecule is CCC(C)C.CCC(C)CCC(O)c1c[c-]cc(OCc2ccccc2)c1.CCC(C)CCC(O)c1c[c-]cc(OCc2ccccc2)c1.CCC(C)CCC(O)c1cc(C)cc(OCc2ccccc2)c1.Cc1cc(OCc2ccccc2)cc(C(O)CBr)c1.Cc1cc(OCc2ccccc2)cc(C2CO2)c1.O=CO[O-].[CH3-].[H-].[Ho].[Ho].[K+].[K+].[Pd]. The van der Waals surface area contributed by atoms with Crippen molar-refractivity contribution in [2.24, 2.45) is 23.7 Å². The summed E-state index contributed by atoms with van der Waals surface area (Å²) >= 11 is 3.29. The number of aryl methyl sites for hydroxylation is 3. The van der Waals surface area contributed by atoms with Gasteiger partial charge in [-0.3, -0.25) is 4.79 Å². The average molecular weight is 2130 g/mol. The minimum absolute atomic E-state index is 0. The third-order valence-electron chi connectivity index (χ3n) is 19.2. The molecule has 8 unspecified atom stereocenters. The van der Waals surface area contributed by atoms with Crippen molar-refractivity contribution < 1.29 is 264 Å². The molecule has 19 heteroatoms. The Hall–Kier alpha value is -2.64. The van der Waals surface area contributed by atoms with Crippen molar-refractivity contribution in [3.05, 3.63) is 335 Å². The topological polar surface area (TPSA) is 189 Å². The molecule has 4 N–H and O–H groups in total. The van der Waals surface area contributed by atoms with Crippen molar-refractivity contribution in [3.63, 3.8) is 0 Å². The first-order valence-corrected chi connectivity index (χ1v) is 41.1. The van der Waals surface area contributed by atoms with Crippen molar-refractivity contribution in [2.45, 2.75) is 211 Å². The van der Waals surface area contributed by atoms with Crippen LogP contribution in [0, 0.1) is 139 Å². The van der Waals surface area contributed by atoms with Gasteiger partial charge in [0.2, 0.25) is 0 Å². The van der Waals surface area contributed by atoms with Gasteiger partial charge in [0.1, 0.15) is 43.2 Å². The number of halogens is 1. The van der Waals surface area contributed by atoms with Crippen LogP contribution in [-0.2, 0) is 67.9 Å². The smallest absolute Gasteiger partial charge is 1.00 e. The minimum atomic E-state index is -0.501. The van der Waals surface area contributed by atoms with Gasteiger partial charge in [-0.05, 0) is 181 Å². The van der Waals surface area contributed by atoms with Gasteiger partial charge >= 0.3 is 103 Å². The minimum Gasteiger partial charge on any atom is -1.00 e. The fourth-order valence-electron chi connectivity index (χ4n) is 11.1. The molecule has 1 heterocycles. The van der Waals surface area contributed by atoms with E-state index in [4.69, 9.17) is 38.5 Å². The molecule has 0 aromatic heterocycles. The summed E-state index contributed by atoms with van der Waals surface area (Å²) in [5.74, 6) is 6.88. The molecular weight excluding hydrogens is 2000 g/mol. The van der Waals surface area contributed by atoms with Gasteiger partial charge in [-0.25, -0.2) is 0 Å². The van der Waals surface area contributed by atoms with Crippen LogP contribution < -0.4 is 132 Å². The Kier molecular flexibility index (Phi) is 71.1. The Bertz CT molecular complexity index is 4050. The fourth-order valence-corrected chi connectivity index (χ4v) is 11.5. The summed E-state index contributed by atoms with van der Waals surface area (Å²) in [6.45, 7) is 29.4. The standard InChI is InChI=1S/C21H28O2.2C20H25O2.C16H17BrO2.C16H16O2.C5H12.CH2O3.CH3.2Ho.2K.Pd.H/c1-4-16(2)10-11-21(22)19-12-17(3)13-20(14-19)23-15-18-8-6-5-7-9-18;2*1-3-16(2)12-13-20(21)18-10-7-11-19(14-18)22-15-17-8-5-4-6-9-17;1-12-7-14(16(18)10-17)9-15(8-12)19-11-13-5-3-2-4-6-13;1-12-7-14(16-11-18-16)9-15(8-12)17-10-13-5-3-2-4-6-13;1-4-5(2)3;2-1-4-3;;;;;;;/h5-9,12-14,16,21-22H,4,10-11,15H2,1-3H3;2*4-6,8-11,14,16,20-21H,3,12-13,15H2,1-2H3;2-9,16,18H,10-11H2,1H3;2-9,16H,10-11H2,1H3;5H,4H2,1-3H3;1,3H;1H3;;;;;;/q;2*-1;;;;;-1;;;2*+1;;-1/p-1. The van der Waals surface area contributed by atoms with Crippen molar-refractivity contribution in [2.75, 3.05) is 11.9 Å². The van der Waals surface area contributed by atoms with Gasteiger partial charge in [-0.2, -0.15) is 24.3 Å². The first-order chi connectivity index (χ1) is 54.6. The van der Waals surface area contributed by atoms with E-state index in [1.807, 2.05) is 208 Å². The van der Waals surface area contributed by atoms with Crippen molar-refractivity contribution in [3.8, 4) is 28.7 Å². The van der Waals surface area contributed by atoms with E-state index in [2.05, 4.69) is 151 Å². The monoisotopic (exact) mass is 2130 g/mol. The molecule has 1 aliphatic heterocycles. The Balaban J connectivity index is -0.00000137. The van der Waals surface area contributed by atoms with Crippen LogP contribution in [0.3, 0.4) is 0 Å². The zero-order valence-electron chi connectivity index (χ0n) is 73.6. The summed E-state index contributed by atoms with van der Waals surface area (Å²) in [5.41, 5.74) is 14.0. The van der Waals surface area contributed by atoms with Gasteiger partial charge in [0.05, 0.1) is 32.0 Å². The van der Waals surface area contributed by atoms with Crippen LogP contribution in [-0.4, -0.2) is 38.8 Å². The van der Waals surface area contributed by atoms with Crippen LogP contribution in [0.4, 0.5) is 0 Å². The Morgan fingerprint density at radius 1 is 0.420 bits per heavy atom. The Labute approximate surface area is 883 Å². The van der Waals surface area contributed by atoms with E-state index >= 15 is 0 Å². The van der Waals surface area contributed by atoms with Crippen LogP contribution in [0.1, 0.15) is 231 Å². The number of hydrogen-bond donors (Lipinski definition) is 4. The second kappa shape index (κ2) is 71.4. The Morgan fingerprint density at radius 2 is 0.681 bits per heavy atom. The molecule has 1 fully saturated rings. The first kappa shape index (κ1) is 118. The van der Waals surface area contributed by atoms with Gasteiger partial charge in [0.15, 0.2) is 0 Å². The van der Waals surface area contributed by atoms with E-state index in [1.165, 1.54) is 23.1 Å². The van der Waals surface area contributed by atoms with Gasteiger partial charge < -0.3 is 67.8 Å². The van der Waals surface area contributed by atoms with Crippen molar-refractivity contribution >= 4 is 22.4 Å². The molecule has 10 aromatic rings. The van der Waals surface area contributed by atoms with E-state index < -0.39 is 24.4 Å². The van der Waals surface area contributed by atoms with E-state index in [0.29, 0.717) is 56.1 Å². The largest absolute Gasteiger partial charge is 1.00 e. The summed E-state index contributed by atoms with van der Waals surface area (Å²) in [4.78, 5) is 11.2. The molecule has 650 valence electrons. The van der Waals surface area contributed by atoms with Gasteiger partial charge in [0, 0.05) is 125 Å². The molecule has 1 saturated heterocycles. The van der Waals surface area contributed by atoms with E-state index in [0.717, 1.165) is 155 Å². The number of alkyl halides is 1. The number of carbonyl (C=O) groups excluding carboxylic acids is 1. The van der Waals surface area contributed by atoms with Gasteiger partial charge in [-0.1, -0.05) is 274 Å². The molecule has 1 aliphatic rings. The summed E-state index contributed by atoms with van der Waals surface area (Å²) in [7, 11) is 0. The molecule has 0 bridgehead atoms. The number of aliphatic hydroxyl groups excluding tert-OH is 4. The van der Waals surface area contributed by atoms with E-state index in [-0.39, 0.29) is 220 Å². The third-order valence-corrected chi connectivity index (χ3v) is 19.8. The van der Waals surface area contributed by atoms with Gasteiger partial charge in [0.25, 0.3) is 6.47 Å². The van der Waals surface area contributed by atoms with Crippen LogP contribution in [0.2, 0.25) is 0 Å². The maximum absolute atomic E-state index is 10.4.